The second kappa shape index (κ2) is 14.2. The van der Waals surface area contributed by atoms with Gasteiger partial charge in [0, 0.05) is 6.07 Å². The fourth-order valence-corrected chi connectivity index (χ4v) is 4.32. The van der Waals surface area contributed by atoms with Gasteiger partial charge in [-0.25, -0.2) is 0 Å². The minimum Gasteiger partial charge on any atom is -0.493 e. The normalized spacial score (nSPS) is 12.7. The number of halogens is 1. The Labute approximate surface area is 203 Å². The maximum Gasteiger partial charge on any atom is 0.137 e. The average Bonchev–Trinajstić information content (AvgIpc) is 2.81. The molecule has 1 atom stereocenters. The Balaban J connectivity index is 1.82. The molecule has 1 unspecified atom stereocenters. The van der Waals surface area contributed by atoms with Gasteiger partial charge in [-0.2, -0.15) is 5.26 Å². The van der Waals surface area contributed by atoms with Crippen molar-refractivity contribution in [2.75, 3.05) is 6.61 Å². The molecule has 2 aromatic rings. The van der Waals surface area contributed by atoms with E-state index in [1.54, 1.807) is 0 Å². The molecule has 0 aliphatic rings. The third-order valence-electron chi connectivity index (χ3n) is 5.97. The molecule has 0 aliphatic carbocycles. The maximum absolute atomic E-state index is 9.57. The van der Waals surface area contributed by atoms with Crippen molar-refractivity contribution in [2.24, 2.45) is 5.41 Å². The van der Waals surface area contributed by atoms with Crippen LogP contribution < -0.4 is 9.47 Å². The minimum absolute atomic E-state index is 0.178. The highest BCUT2D eigenvalue weighted by Crippen LogP contribution is 2.34. The number of unbranched alkanes of at least 4 members (excludes halogenated alkanes) is 4. The van der Waals surface area contributed by atoms with Crippen molar-refractivity contribution in [3.05, 3.63) is 58.1 Å². The van der Waals surface area contributed by atoms with Crippen LogP contribution in [0, 0.1) is 16.7 Å². The molecule has 0 heterocycles. The molecule has 0 radical (unpaired) electrons. The Morgan fingerprint density at radius 3 is 2.28 bits per heavy atom. The molecule has 0 fully saturated rings. The molecule has 32 heavy (non-hydrogen) atoms. The largest absolute Gasteiger partial charge is 0.493 e. The topological polar surface area (TPSA) is 42.2 Å². The van der Waals surface area contributed by atoms with Crippen LogP contribution in [0.1, 0.15) is 83.3 Å². The zero-order chi connectivity index (χ0) is 23.2. The minimum atomic E-state index is -0.178. The molecule has 0 aromatic heterocycles. The molecule has 2 rings (SSSR count). The number of nitrogens with zero attached hydrogens (tertiary/aromatic N) is 1. The van der Waals surface area contributed by atoms with Crippen molar-refractivity contribution in [1.29, 1.82) is 5.26 Å². The molecule has 4 heteroatoms. The van der Waals surface area contributed by atoms with E-state index in [0.29, 0.717) is 13.2 Å². The van der Waals surface area contributed by atoms with Crippen LogP contribution in [-0.4, -0.2) is 6.61 Å². The second-order valence-corrected chi connectivity index (χ2v) is 9.66. The SMILES string of the molecule is CCCCCC(C)(C#N)CCCCCOc1cc(OCc2ccccc2)c(Br)cc1CC. The van der Waals surface area contributed by atoms with Crippen LogP contribution in [0.4, 0.5) is 0 Å². The highest BCUT2D eigenvalue weighted by molar-refractivity contribution is 9.10. The Bertz CT molecular complexity index is 847. The summed E-state index contributed by atoms with van der Waals surface area (Å²) < 4.78 is 13.1. The van der Waals surface area contributed by atoms with Gasteiger partial charge in [0.05, 0.1) is 22.6 Å². The molecule has 0 N–H and O–H groups in total. The number of benzene rings is 2. The van der Waals surface area contributed by atoms with Crippen LogP contribution in [0.25, 0.3) is 0 Å². The average molecular weight is 501 g/mol. The summed E-state index contributed by atoms with van der Waals surface area (Å²) in [4.78, 5) is 0. The van der Waals surface area contributed by atoms with Gasteiger partial charge in [-0.3, -0.25) is 0 Å². The summed E-state index contributed by atoms with van der Waals surface area (Å²) in [5, 5.41) is 9.57. The number of rotatable bonds is 15. The molecule has 2 aromatic carbocycles. The third-order valence-corrected chi connectivity index (χ3v) is 6.59. The first-order valence-corrected chi connectivity index (χ1v) is 12.8. The molecule has 174 valence electrons. The number of hydrogen-bond acceptors (Lipinski definition) is 3. The van der Waals surface area contributed by atoms with Crippen LogP contribution in [0.3, 0.4) is 0 Å². The predicted octanol–water partition coefficient (Wildman–Crippen LogP) is 8.64. The molecule has 0 aliphatic heterocycles. The lowest BCUT2D eigenvalue weighted by Gasteiger charge is -2.21. The van der Waals surface area contributed by atoms with E-state index in [4.69, 9.17) is 9.47 Å². The predicted molar refractivity (Wildman–Crippen MR) is 136 cm³/mol. The third kappa shape index (κ3) is 8.87. The summed E-state index contributed by atoms with van der Waals surface area (Å²) in [6, 6.07) is 16.8. The van der Waals surface area contributed by atoms with E-state index in [0.717, 1.165) is 66.5 Å². The number of ether oxygens (including phenoxy) is 2. The molecule has 0 bridgehead atoms. The van der Waals surface area contributed by atoms with Crippen molar-refractivity contribution in [3.8, 4) is 17.6 Å². The van der Waals surface area contributed by atoms with Crippen LogP contribution in [0.15, 0.2) is 46.9 Å². The summed E-state index contributed by atoms with van der Waals surface area (Å²) in [5.74, 6) is 1.71. The van der Waals surface area contributed by atoms with E-state index in [9.17, 15) is 5.26 Å². The zero-order valence-electron chi connectivity index (χ0n) is 20.0. The molecule has 3 nitrogen and oxygen atoms in total. The first-order valence-electron chi connectivity index (χ1n) is 12.0. The Morgan fingerprint density at radius 1 is 0.906 bits per heavy atom. The van der Waals surface area contributed by atoms with E-state index in [2.05, 4.69) is 61.0 Å². The maximum atomic E-state index is 9.57. The van der Waals surface area contributed by atoms with Crippen molar-refractivity contribution in [3.63, 3.8) is 0 Å². The summed E-state index contributed by atoms with van der Waals surface area (Å²) in [5.41, 5.74) is 2.14. The first-order chi connectivity index (χ1) is 15.5. The van der Waals surface area contributed by atoms with E-state index >= 15 is 0 Å². The van der Waals surface area contributed by atoms with Crippen molar-refractivity contribution in [1.82, 2.24) is 0 Å². The lowest BCUT2D eigenvalue weighted by atomic mass is 9.81. The Morgan fingerprint density at radius 2 is 1.62 bits per heavy atom. The van der Waals surface area contributed by atoms with Gasteiger partial charge in [-0.1, -0.05) is 76.3 Å². The molecule has 0 saturated carbocycles. The van der Waals surface area contributed by atoms with Crippen LogP contribution in [0.5, 0.6) is 11.5 Å². The Kier molecular flexibility index (Phi) is 11.7. The zero-order valence-corrected chi connectivity index (χ0v) is 21.5. The number of aryl methyl sites for hydroxylation is 1. The molecular formula is C28H38BrNO2. The monoisotopic (exact) mass is 499 g/mol. The summed E-state index contributed by atoms with van der Waals surface area (Å²) in [7, 11) is 0. The smallest absolute Gasteiger partial charge is 0.137 e. The van der Waals surface area contributed by atoms with Gasteiger partial charge in [0.2, 0.25) is 0 Å². The van der Waals surface area contributed by atoms with Crippen LogP contribution in [0.2, 0.25) is 0 Å². The van der Waals surface area contributed by atoms with Crippen molar-refractivity contribution >= 4 is 15.9 Å². The number of nitriles is 1. The van der Waals surface area contributed by atoms with Crippen molar-refractivity contribution in [2.45, 2.75) is 85.2 Å². The summed E-state index contributed by atoms with van der Waals surface area (Å²) in [6.45, 7) is 7.68. The van der Waals surface area contributed by atoms with E-state index in [1.807, 2.05) is 24.3 Å². The van der Waals surface area contributed by atoms with Crippen molar-refractivity contribution < 1.29 is 9.47 Å². The fourth-order valence-electron chi connectivity index (χ4n) is 3.81. The van der Waals surface area contributed by atoms with Gasteiger partial charge < -0.3 is 9.47 Å². The molecule has 0 spiro atoms. The van der Waals surface area contributed by atoms with Gasteiger partial charge in [0.15, 0.2) is 0 Å². The molecular weight excluding hydrogens is 462 g/mol. The standard InChI is InChI=1S/C28H38BrNO2/c1-4-6-11-16-28(3,22-30)17-12-8-13-18-31-26-20-27(25(29)19-24(26)5-2)32-21-23-14-9-7-10-15-23/h7,9-10,14-15,19-20H,4-6,8,11-13,16-18,21H2,1-3H3. The summed E-state index contributed by atoms with van der Waals surface area (Å²) >= 11 is 3.64. The second-order valence-electron chi connectivity index (χ2n) is 8.81. The van der Waals surface area contributed by atoms with E-state index in [-0.39, 0.29) is 5.41 Å². The molecule has 0 amide bonds. The quantitative estimate of drug-likeness (QED) is 0.230. The van der Waals surface area contributed by atoms with Crippen LogP contribution in [-0.2, 0) is 13.0 Å². The fraction of sp³-hybridized carbons (Fsp3) is 0.536. The van der Waals surface area contributed by atoms with E-state index in [1.165, 1.54) is 18.4 Å². The van der Waals surface area contributed by atoms with Crippen LogP contribution >= 0.6 is 15.9 Å². The van der Waals surface area contributed by atoms with Gasteiger partial charge in [-0.05, 0) is 65.7 Å². The van der Waals surface area contributed by atoms with E-state index < -0.39 is 0 Å². The lowest BCUT2D eigenvalue weighted by molar-refractivity contribution is 0.282. The highest BCUT2D eigenvalue weighted by Gasteiger charge is 2.22. The lowest BCUT2D eigenvalue weighted by Crippen LogP contribution is -2.13. The van der Waals surface area contributed by atoms with Gasteiger partial charge in [0.1, 0.15) is 18.1 Å². The first kappa shape index (κ1) is 26.3. The Hall–Kier alpha value is -1.99. The van der Waals surface area contributed by atoms with Gasteiger partial charge in [0.25, 0.3) is 0 Å². The van der Waals surface area contributed by atoms with Gasteiger partial charge >= 0.3 is 0 Å². The van der Waals surface area contributed by atoms with Gasteiger partial charge in [-0.15, -0.1) is 0 Å². The summed E-state index contributed by atoms with van der Waals surface area (Å²) in [6.07, 6.45) is 9.62. The number of hydrogen-bond donors (Lipinski definition) is 0. The molecule has 0 saturated heterocycles. The highest BCUT2D eigenvalue weighted by atomic mass is 79.9.